The third-order valence-electron chi connectivity index (χ3n) is 3.57. The van der Waals surface area contributed by atoms with Crippen molar-refractivity contribution in [3.05, 3.63) is 33.8 Å². The minimum Gasteiger partial charge on any atom is -0.394 e. The number of fused-ring (bicyclic) bond motifs is 1. The van der Waals surface area contributed by atoms with Crippen LogP contribution in [0.2, 0.25) is 0 Å². The molecule has 3 heterocycles. The van der Waals surface area contributed by atoms with E-state index in [4.69, 9.17) is 9.84 Å². The number of nitrogens with zero attached hydrogens (tertiary/aromatic N) is 4. The zero-order chi connectivity index (χ0) is 14.5. The molecule has 1 aliphatic rings. The summed E-state index contributed by atoms with van der Waals surface area (Å²) < 4.78 is 7.39. The number of aromatic nitrogens is 3. The number of aryl methyl sites for hydroxylation is 1. The van der Waals surface area contributed by atoms with Crippen LogP contribution in [-0.2, 0) is 31.0 Å². The average Bonchev–Trinajstić information content (AvgIpc) is 3.06. The second-order valence-electron chi connectivity index (χ2n) is 5.13. The first kappa shape index (κ1) is 14.6. The Morgan fingerprint density at radius 2 is 2.33 bits per heavy atom. The molecule has 0 fully saturated rings. The molecule has 1 N–H and O–H groups in total. The van der Waals surface area contributed by atoms with Gasteiger partial charge in [0.05, 0.1) is 25.5 Å². The Balaban J connectivity index is 1.69. The van der Waals surface area contributed by atoms with E-state index in [1.54, 1.807) is 11.3 Å². The van der Waals surface area contributed by atoms with Crippen molar-refractivity contribution in [3.63, 3.8) is 0 Å². The van der Waals surface area contributed by atoms with E-state index in [0.29, 0.717) is 13.2 Å². The van der Waals surface area contributed by atoms with Crippen LogP contribution in [-0.4, -0.2) is 44.8 Å². The topological polar surface area (TPSA) is 63.4 Å². The molecule has 0 aromatic carbocycles. The Hall–Kier alpha value is -1.28. The lowest BCUT2D eigenvalue weighted by molar-refractivity contribution is 0.0788. The summed E-state index contributed by atoms with van der Waals surface area (Å²) in [6.07, 6.45) is 1.08. The van der Waals surface area contributed by atoms with E-state index < -0.39 is 0 Å². The van der Waals surface area contributed by atoms with Crippen molar-refractivity contribution in [1.29, 1.82) is 0 Å². The highest BCUT2D eigenvalue weighted by Crippen LogP contribution is 2.19. The lowest BCUT2D eigenvalue weighted by atomic mass is 10.3. The third-order valence-corrected chi connectivity index (χ3v) is 4.43. The molecule has 0 bridgehead atoms. The van der Waals surface area contributed by atoms with E-state index in [2.05, 4.69) is 32.7 Å². The highest BCUT2D eigenvalue weighted by Gasteiger charge is 2.20. The summed E-state index contributed by atoms with van der Waals surface area (Å²) in [4.78, 5) is 3.82. The van der Waals surface area contributed by atoms with Gasteiger partial charge in [-0.25, -0.2) is 4.68 Å². The van der Waals surface area contributed by atoms with Gasteiger partial charge < -0.3 is 9.84 Å². The predicted octanol–water partition coefficient (Wildman–Crippen LogP) is 1.25. The Kier molecular flexibility index (Phi) is 4.97. The van der Waals surface area contributed by atoms with Gasteiger partial charge in [0.2, 0.25) is 0 Å². The van der Waals surface area contributed by atoms with Crippen LogP contribution in [0.3, 0.4) is 0 Å². The minimum absolute atomic E-state index is 0.0357. The largest absolute Gasteiger partial charge is 0.394 e. The average molecular weight is 308 g/mol. The lowest BCUT2D eigenvalue weighted by Gasteiger charge is -2.18. The second-order valence-corrected chi connectivity index (χ2v) is 6.16. The van der Waals surface area contributed by atoms with E-state index >= 15 is 0 Å². The summed E-state index contributed by atoms with van der Waals surface area (Å²) in [5.41, 5.74) is 2.03. The summed E-state index contributed by atoms with van der Waals surface area (Å²) in [6.45, 7) is 4.59. The zero-order valence-corrected chi connectivity index (χ0v) is 12.8. The first-order valence-electron chi connectivity index (χ1n) is 7.21. The molecule has 0 spiro atoms. The molecule has 6 nitrogen and oxygen atoms in total. The molecule has 2 aromatic heterocycles. The standard InChI is InChI=1S/C14H20N4O2S/c19-6-7-20-11-13-14-10-17(9-12-3-1-8-21-12)4-2-5-18(14)16-15-13/h1,3,8,19H,2,4-7,9-11H2. The molecule has 0 saturated carbocycles. The van der Waals surface area contributed by atoms with Crippen LogP contribution in [0, 0.1) is 0 Å². The molecule has 3 rings (SSSR count). The van der Waals surface area contributed by atoms with Gasteiger partial charge in [-0.2, -0.15) is 0 Å². The van der Waals surface area contributed by atoms with Crippen LogP contribution in [0.15, 0.2) is 17.5 Å². The third kappa shape index (κ3) is 3.68. The molecular weight excluding hydrogens is 288 g/mol. The fraction of sp³-hybridized carbons (Fsp3) is 0.571. The highest BCUT2D eigenvalue weighted by atomic mass is 32.1. The van der Waals surface area contributed by atoms with Crippen molar-refractivity contribution < 1.29 is 9.84 Å². The maximum absolute atomic E-state index is 8.79. The Labute approximate surface area is 128 Å². The van der Waals surface area contributed by atoms with Gasteiger partial charge in [0.1, 0.15) is 5.69 Å². The van der Waals surface area contributed by atoms with Crippen molar-refractivity contribution in [2.75, 3.05) is 19.8 Å². The molecule has 0 saturated heterocycles. The first-order valence-corrected chi connectivity index (χ1v) is 8.09. The van der Waals surface area contributed by atoms with Gasteiger partial charge in [0.25, 0.3) is 0 Å². The highest BCUT2D eigenvalue weighted by molar-refractivity contribution is 7.09. The van der Waals surface area contributed by atoms with E-state index in [9.17, 15) is 0 Å². The predicted molar refractivity (Wildman–Crippen MR) is 79.8 cm³/mol. The molecule has 2 aromatic rings. The van der Waals surface area contributed by atoms with Crippen LogP contribution < -0.4 is 0 Å². The lowest BCUT2D eigenvalue weighted by Crippen LogP contribution is -2.23. The molecular formula is C14H20N4O2S. The summed E-state index contributed by atoms with van der Waals surface area (Å²) in [5.74, 6) is 0. The Morgan fingerprint density at radius 3 is 3.14 bits per heavy atom. The van der Waals surface area contributed by atoms with Gasteiger partial charge >= 0.3 is 0 Å². The van der Waals surface area contributed by atoms with Crippen molar-refractivity contribution in [1.82, 2.24) is 19.9 Å². The van der Waals surface area contributed by atoms with E-state index in [-0.39, 0.29) is 6.61 Å². The van der Waals surface area contributed by atoms with Crippen LogP contribution in [0.4, 0.5) is 0 Å². The van der Waals surface area contributed by atoms with Crippen molar-refractivity contribution in [2.45, 2.75) is 32.7 Å². The molecule has 7 heteroatoms. The maximum atomic E-state index is 8.79. The molecule has 0 atom stereocenters. The Morgan fingerprint density at radius 1 is 1.38 bits per heavy atom. The number of rotatable bonds is 6. The van der Waals surface area contributed by atoms with Crippen molar-refractivity contribution in [2.24, 2.45) is 0 Å². The fourth-order valence-electron chi connectivity index (χ4n) is 2.56. The molecule has 0 unspecified atom stereocenters. The van der Waals surface area contributed by atoms with E-state index in [1.807, 2.05) is 4.68 Å². The Bertz CT molecular complexity index is 555. The first-order chi connectivity index (χ1) is 10.4. The van der Waals surface area contributed by atoms with Crippen LogP contribution in [0.25, 0.3) is 0 Å². The number of aliphatic hydroxyl groups is 1. The van der Waals surface area contributed by atoms with Gasteiger partial charge in [-0.05, 0) is 17.9 Å². The van der Waals surface area contributed by atoms with Gasteiger partial charge in [-0.3, -0.25) is 4.90 Å². The number of ether oxygens (including phenoxy) is 1. The maximum Gasteiger partial charge on any atom is 0.113 e. The summed E-state index contributed by atoms with van der Waals surface area (Å²) in [7, 11) is 0. The van der Waals surface area contributed by atoms with Crippen molar-refractivity contribution >= 4 is 11.3 Å². The van der Waals surface area contributed by atoms with E-state index in [1.165, 1.54) is 4.88 Å². The molecule has 1 aliphatic heterocycles. The molecule has 0 radical (unpaired) electrons. The van der Waals surface area contributed by atoms with Crippen LogP contribution in [0.5, 0.6) is 0 Å². The van der Waals surface area contributed by atoms with Gasteiger partial charge in [0, 0.05) is 31.1 Å². The van der Waals surface area contributed by atoms with Gasteiger partial charge in [-0.15, -0.1) is 16.4 Å². The molecule has 21 heavy (non-hydrogen) atoms. The molecule has 0 aliphatic carbocycles. The summed E-state index contributed by atoms with van der Waals surface area (Å²) in [6, 6.07) is 4.27. The monoisotopic (exact) mass is 308 g/mol. The summed E-state index contributed by atoms with van der Waals surface area (Å²) in [5, 5.41) is 19.4. The SMILES string of the molecule is OCCOCc1nnn2c1CN(Cc1cccs1)CCC2. The van der Waals surface area contributed by atoms with Crippen LogP contribution in [0.1, 0.15) is 22.7 Å². The van der Waals surface area contributed by atoms with Crippen molar-refractivity contribution in [3.8, 4) is 0 Å². The minimum atomic E-state index is 0.0357. The number of hydrogen-bond acceptors (Lipinski definition) is 6. The smallest absolute Gasteiger partial charge is 0.113 e. The number of hydrogen-bond donors (Lipinski definition) is 1. The van der Waals surface area contributed by atoms with E-state index in [0.717, 1.165) is 44.0 Å². The van der Waals surface area contributed by atoms with Gasteiger partial charge in [-0.1, -0.05) is 11.3 Å². The zero-order valence-electron chi connectivity index (χ0n) is 11.9. The molecule has 0 amide bonds. The van der Waals surface area contributed by atoms with Crippen LogP contribution >= 0.6 is 11.3 Å². The summed E-state index contributed by atoms with van der Waals surface area (Å²) >= 11 is 1.80. The quantitative estimate of drug-likeness (QED) is 0.814. The fourth-order valence-corrected chi connectivity index (χ4v) is 3.31. The number of thiophene rings is 1. The normalized spacial score (nSPS) is 15.9. The number of aliphatic hydroxyl groups excluding tert-OH is 1. The molecule has 114 valence electrons. The van der Waals surface area contributed by atoms with Gasteiger partial charge in [0.15, 0.2) is 0 Å². The second kappa shape index (κ2) is 7.13.